The van der Waals surface area contributed by atoms with Gasteiger partial charge in [-0.15, -0.1) is 0 Å². The van der Waals surface area contributed by atoms with Gasteiger partial charge in [0.2, 0.25) is 0 Å². The van der Waals surface area contributed by atoms with Gasteiger partial charge in [0.15, 0.2) is 4.80 Å². The number of amides is 1. The minimum Gasteiger partial charge on any atom is -0.497 e. The van der Waals surface area contributed by atoms with E-state index in [0.717, 1.165) is 10.2 Å². The molecule has 0 fully saturated rings. The smallest absolute Gasteiger partial charge is 0.337 e. The maximum Gasteiger partial charge on any atom is 0.337 e. The summed E-state index contributed by atoms with van der Waals surface area (Å²) in [7, 11) is 4.72. The minimum atomic E-state index is -0.399. The number of carbonyl (C=O) groups excluding carboxylic acids is 2. The van der Waals surface area contributed by atoms with E-state index < -0.39 is 5.97 Å². The number of thiazole rings is 1. The Kier molecular flexibility index (Phi) is 4.67. The summed E-state index contributed by atoms with van der Waals surface area (Å²) in [5, 5.41) is 0. The largest absolute Gasteiger partial charge is 0.497 e. The second-order valence-electron chi connectivity index (χ2n) is 5.27. The first-order valence-corrected chi connectivity index (χ1v) is 8.26. The van der Waals surface area contributed by atoms with Gasteiger partial charge in [-0.25, -0.2) is 4.79 Å². The van der Waals surface area contributed by atoms with Crippen molar-refractivity contribution < 1.29 is 19.1 Å². The van der Waals surface area contributed by atoms with Crippen LogP contribution in [0.15, 0.2) is 47.5 Å². The van der Waals surface area contributed by atoms with E-state index in [1.54, 1.807) is 43.5 Å². The predicted octanol–water partition coefficient (Wildman–Crippen LogP) is 2.78. The number of fused-ring (bicyclic) bond motifs is 1. The van der Waals surface area contributed by atoms with Gasteiger partial charge in [0.25, 0.3) is 5.91 Å². The van der Waals surface area contributed by atoms with E-state index >= 15 is 0 Å². The van der Waals surface area contributed by atoms with Crippen molar-refractivity contribution >= 4 is 33.4 Å². The monoisotopic (exact) mass is 356 g/mol. The molecule has 3 rings (SSSR count). The van der Waals surface area contributed by atoms with Crippen LogP contribution in [0, 0.1) is 0 Å². The van der Waals surface area contributed by atoms with Crippen molar-refractivity contribution in [3.63, 3.8) is 0 Å². The lowest BCUT2D eigenvalue weighted by atomic mass is 10.2. The molecule has 0 spiro atoms. The van der Waals surface area contributed by atoms with Gasteiger partial charge < -0.3 is 14.0 Å². The van der Waals surface area contributed by atoms with Gasteiger partial charge >= 0.3 is 5.97 Å². The van der Waals surface area contributed by atoms with Crippen LogP contribution in [0.2, 0.25) is 0 Å². The number of benzene rings is 2. The number of aryl methyl sites for hydroxylation is 1. The third-order valence-corrected chi connectivity index (χ3v) is 4.84. The number of carbonyl (C=O) groups is 2. The number of methoxy groups -OCH3 is 2. The maximum atomic E-state index is 12.4. The highest BCUT2D eigenvalue weighted by Gasteiger charge is 2.11. The summed E-state index contributed by atoms with van der Waals surface area (Å²) in [4.78, 5) is 28.8. The lowest BCUT2D eigenvalue weighted by Gasteiger charge is -2.01. The summed E-state index contributed by atoms with van der Waals surface area (Å²) in [6.07, 6.45) is 0. The summed E-state index contributed by atoms with van der Waals surface area (Å²) in [5.41, 5.74) is 1.80. The standard InChI is InChI=1S/C18H16N2O4S/c1-20-14-8-7-12(17(22)24-3)10-15(14)25-18(20)19-16(21)11-5-4-6-13(9-11)23-2/h4-10H,1-3H3. The lowest BCUT2D eigenvalue weighted by Crippen LogP contribution is -2.13. The normalized spacial score (nSPS) is 11.6. The van der Waals surface area contributed by atoms with Gasteiger partial charge in [0.05, 0.1) is 30.0 Å². The van der Waals surface area contributed by atoms with Crippen molar-refractivity contribution in [2.24, 2.45) is 12.0 Å². The first-order chi connectivity index (χ1) is 12.0. The van der Waals surface area contributed by atoms with E-state index in [-0.39, 0.29) is 5.91 Å². The summed E-state index contributed by atoms with van der Waals surface area (Å²) in [6, 6.07) is 12.1. The second kappa shape index (κ2) is 6.90. The fourth-order valence-electron chi connectivity index (χ4n) is 2.39. The molecule has 0 unspecified atom stereocenters. The van der Waals surface area contributed by atoms with Crippen LogP contribution < -0.4 is 9.54 Å². The molecule has 128 valence electrons. The zero-order chi connectivity index (χ0) is 18.0. The molecule has 6 nitrogen and oxygen atoms in total. The molecule has 0 radical (unpaired) electrons. The molecule has 1 aromatic heterocycles. The van der Waals surface area contributed by atoms with E-state index in [2.05, 4.69) is 4.99 Å². The molecule has 0 saturated heterocycles. The fourth-order valence-corrected chi connectivity index (χ4v) is 3.45. The molecule has 2 aromatic carbocycles. The average molecular weight is 356 g/mol. The Morgan fingerprint density at radius 3 is 2.60 bits per heavy atom. The van der Waals surface area contributed by atoms with Crippen LogP contribution in [0.4, 0.5) is 0 Å². The zero-order valence-corrected chi connectivity index (χ0v) is 14.8. The van der Waals surface area contributed by atoms with E-state index in [1.165, 1.54) is 18.4 Å². The molecule has 7 heteroatoms. The van der Waals surface area contributed by atoms with Gasteiger partial charge in [-0.2, -0.15) is 4.99 Å². The Morgan fingerprint density at radius 2 is 1.88 bits per heavy atom. The Hall–Kier alpha value is -2.93. The highest BCUT2D eigenvalue weighted by atomic mass is 32.1. The van der Waals surface area contributed by atoms with Crippen LogP contribution in [0.3, 0.4) is 0 Å². The Morgan fingerprint density at radius 1 is 1.08 bits per heavy atom. The number of aromatic nitrogens is 1. The quantitative estimate of drug-likeness (QED) is 0.677. The topological polar surface area (TPSA) is 69.9 Å². The SMILES string of the molecule is COC(=O)c1ccc2c(c1)sc(=NC(=O)c1cccc(OC)c1)n2C. The number of esters is 1. The summed E-state index contributed by atoms with van der Waals surface area (Å²) in [5.74, 6) is -0.150. The Bertz CT molecular complexity index is 1030. The van der Waals surface area contributed by atoms with Gasteiger partial charge in [-0.3, -0.25) is 4.79 Å². The molecule has 0 aliphatic heterocycles. The highest BCUT2D eigenvalue weighted by Crippen LogP contribution is 2.19. The molecule has 0 bridgehead atoms. The van der Waals surface area contributed by atoms with Crippen molar-refractivity contribution in [3.05, 3.63) is 58.4 Å². The van der Waals surface area contributed by atoms with Gasteiger partial charge in [0.1, 0.15) is 5.75 Å². The molecule has 0 aliphatic rings. The lowest BCUT2D eigenvalue weighted by molar-refractivity contribution is 0.0601. The Balaban J connectivity index is 2.05. The molecule has 25 heavy (non-hydrogen) atoms. The first kappa shape index (κ1) is 16.9. The van der Waals surface area contributed by atoms with Crippen LogP contribution in [0.25, 0.3) is 10.2 Å². The predicted molar refractivity (Wildman–Crippen MR) is 95.0 cm³/mol. The molecule has 3 aromatic rings. The summed E-state index contributed by atoms with van der Waals surface area (Å²) >= 11 is 1.34. The third kappa shape index (κ3) is 3.32. The average Bonchev–Trinajstić information content (AvgIpc) is 2.96. The van der Waals surface area contributed by atoms with Crippen LogP contribution in [0.1, 0.15) is 20.7 Å². The molecule has 1 amide bonds. The van der Waals surface area contributed by atoms with Crippen molar-refractivity contribution in [1.82, 2.24) is 4.57 Å². The molecule has 0 N–H and O–H groups in total. The van der Waals surface area contributed by atoms with Crippen LogP contribution >= 0.6 is 11.3 Å². The fraction of sp³-hybridized carbons (Fsp3) is 0.167. The van der Waals surface area contributed by atoms with Crippen molar-refractivity contribution in [1.29, 1.82) is 0 Å². The van der Waals surface area contributed by atoms with E-state index in [9.17, 15) is 9.59 Å². The van der Waals surface area contributed by atoms with Gasteiger partial charge in [-0.05, 0) is 36.4 Å². The first-order valence-electron chi connectivity index (χ1n) is 7.44. The number of hydrogen-bond donors (Lipinski definition) is 0. The van der Waals surface area contributed by atoms with Crippen molar-refractivity contribution in [3.8, 4) is 5.75 Å². The van der Waals surface area contributed by atoms with E-state index in [0.29, 0.717) is 21.7 Å². The maximum absolute atomic E-state index is 12.4. The van der Waals surface area contributed by atoms with E-state index in [1.807, 2.05) is 17.7 Å². The number of ether oxygens (including phenoxy) is 2. The molecular weight excluding hydrogens is 340 g/mol. The highest BCUT2D eigenvalue weighted by molar-refractivity contribution is 7.16. The van der Waals surface area contributed by atoms with Crippen LogP contribution in [-0.4, -0.2) is 30.7 Å². The molecule has 0 atom stereocenters. The van der Waals surface area contributed by atoms with E-state index in [4.69, 9.17) is 9.47 Å². The molecule has 0 aliphatic carbocycles. The van der Waals surface area contributed by atoms with Crippen molar-refractivity contribution in [2.75, 3.05) is 14.2 Å². The number of nitrogens with zero attached hydrogens (tertiary/aromatic N) is 2. The summed E-state index contributed by atoms with van der Waals surface area (Å²) < 4.78 is 12.5. The Labute approximate surface area is 148 Å². The van der Waals surface area contributed by atoms with Crippen LogP contribution in [-0.2, 0) is 11.8 Å². The molecule has 0 saturated carbocycles. The minimum absolute atomic E-state index is 0.353. The second-order valence-corrected chi connectivity index (χ2v) is 6.28. The third-order valence-electron chi connectivity index (χ3n) is 3.74. The summed E-state index contributed by atoms with van der Waals surface area (Å²) in [6.45, 7) is 0. The number of rotatable bonds is 3. The number of hydrogen-bond acceptors (Lipinski definition) is 5. The van der Waals surface area contributed by atoms with Crippen LogP contribution in [0.5, 0.6) is 5.75 Å². The van der Waals surface area contributed by atoms with Crippen molar-refractivity contribution in [2.45, 2.75) is 0 Å². The van der Waals surface area contributed by atoms with Gasteiger partial charge in [-0.1, -0.05) is 17.4 Å². The zero-order valence-electron chi connectivity index (χ0n) is 14.0. The molecular formula is C18H16N2O4S. The van der Waals surface area contributed by atoms with Gasteiger partial charge in [0, 0.05) is 12.6 Å². The molecule has 1 heterocycles.